The molecule has 3 heteroatoms. The van der Waals surface area contributed by atoms with Crippen molar-refractivity contribution in [2.75, 3.05) is 19.5 Å². The van der Waals surface area contributed by atoms with Crippen molar-refractivity contribution in [3.63, 3.8) is 0 Å². The molecule has 2 nitrogen and oxygen atoms in total. The summed E-state index contributed by atoms with van der Waals surface area (Å²) in [7, 11) is 1.75. The zero-order valence-electron chi connectivity index (χ0n) is 7.99. The molecule has 2 rings (SSSR count). The molecule has 2 aliphatic rings. The maximum Gasteiger partial charge on any atom is 0.133 e. The summed E-state index contributed by atoms with van der Waals surface area (Å²) in [5, 5.41) is 0.691. The minimum atomic E-state index is 0.484. The fourth-order valence-corrected chi connectivity index (χ4v) is 4.16. The third-order valence-corrected chi connectivity index (χ3v) is 4.80. The number of ether oxygens (including phenoxy) is 1. The van der Waals surface area contributed by atoms with Crippen molar-refractivity contribution in [3.8, 4) is 0 Å². The van der Waals surface area contributed by atoms with Gasteiger partial charge in [0.1, 0.15) is 5.78 Å². The van der Waals surface area contributed by atoms with E-state index >= 15 is 0 Å². The van der Waals surface area contributed by atoms with E-state index in [0.29, 0.717) is 22.9 Å². The van der Waals surface area contributed by atoms with Gasteiger partial charge in [0, 0.05) is 31.8 Å². The largest absolute Gasteiger partial charge is 0.385 e. The Hall–Kier alpha value is -0.0200. The summed E-state index contributed by atoms with van der Waals surface area (Å²) in [5.74, 6) is 3.05. The lowest BCUT2D eigenvalue weighted by molar-refractivity contribution is -0.117. The summed E-state index contributed by atoms with van der Waals surface area (Å²) in [5.41, 5.74) is 0. The molecule has 1 saturated heterocycles. The van der Waals surface area contributed by atoms with Crippen molar-refractivity contribution in [1.29, 1.82) is 0 Å². The Bertz CT molecular complexity index is 205. The average molecular weight is 200 g/mol. The molecule has 1 aliphatic carbocycles. The Morgan fingerprint density at radius 1 is 1.54 bits per heavy atom. The molecule has 3 unspecified atom stereocenters. The maximum atomic E-state index is 11.2. The van der Waals surface area contributed by atoms with Crippen LogP contribution in [-0.4, -0.2) is 30.5 Å². The Labute approximate surface area is 83.4 Å². The van der Waals surface area contributed by atoms with E-state index in [2.05, 4.69) is 0 Å². The van der Waals surface area contributed by atoms with Gasteiger partial charge in [0.25, 0.3) is 0 Å². The average Bonchev–Trinajstić information content (AvgIpc) is 2.61. The first-order valence-corrected chi connectivity index (χ1v) is 5.98. The van der Waals surface area contributed by atoms with Crippen LogP contribution in [0.25, 0.3) is 0 Å². The third kappa shape index (κ3) is 1.91. The van der Waals surface area contributed by atoms with Crippen molar-refractivity contribution >= 4 is 17.5 Å². The van der Waals surface area contributed by atoms with E-state index in [1.165, 1.54) is 5.75 Å². The van der Waals surface area contributed by atoms with Crippen LogP contribution in [0.5, 0.6) is 0 Å². The second kappa shape index (κ2) is 4.01. The first-order chi connectivity index (χ1) is 6.31. The molecular formula is C10H16O2S. The van der Waals surface area contributed by atoms with E-state index < -0.39 is 0 Å². The van der Waals surface area contributed by atoms with Gasteiger partial charge in [0.2, 0.25) is 0 Å². The standard InChI is InChI=1S/C10H16O2S/c1-12-3-2-10-9-5-8(11)4-7(9)6-13-10/h7,9-10H,2-6H2,1H3. The molecule has 74 valence electrons. The zero-order valence-corrected chi connectivity index (χ0v) is 8.81. The molecule has 0 bridgehead atoms. The van der Waals surface area contributed by atoms with Crippen LogP contribution < -0.4 is 0 Å². The van der Waals surface area contributed by atoms with Gasteiger partial charge in [0.05, 0.1) is 0 Å². The molecule has 0 aromatic heterocycles. The van der Waals surface area contributed by atoms with E-state index in [1.807, 2.05) is 11.8 Å². The lowest BCUT2D eigenvalue weighted by Crippen LogP contribution is -2.15. The highest BCUT2D eigenvalue weighted by Gasteiger charge is 2.42. The highest BCUT2D eigenvalue weighted by molar-refractivity contribution is 8.00. The minimum absolute atomic E-state index is 0.484. The molecule has 0 amide bonds. The number of carbonyl (C=O) groups excluding carboxylic acids is 1. The third-order valence-electron chi connectivity index (χ3n) is 3.17. The van der Waals surface area contributed by atoms with Crippen LogP contribution in [0.2, 0.25) is 0 Å². The van der Waals surface area contributed by atoms with E-state index in [9.17, 15) is 4.79 Å². The molecule has 0 radical (unpaired) electrons. The van der Waals surface area contributed by atoms with Crippen LogP contribution in [0.4, 0.5) is 0 Å². The quantitative estimate of drug-likeness (QED) is 0.694. The monoisotopic (exact) mass is 200 g/mol. The lowest BCUT2D eigenvalue weighted by Gasteiger charge is -2.15. The summed E-state index contributed by atoms with van der Waals surface area (Å²) in [6, 6.07) is 0. The van der Waals surface area contributed by atoms with Crippen molar-refractivity contribution in [2.45, 2.75) is 24.5 Å². The number of Topliss-reactive ketones (excluding diaryl/α,β-unsaturated/α-hetero) is 1. The Morgan fingerprint density at radius 3 is 3.15 bits per heavy atom. The molecule has 1 heterocycles. The fourth-order valence-electron chi connectivity index (χ4n) is 2.48. The van der Waals surface area contributed by atoms with Gasteiger partial charge in [-0.2, -0.15) is 11.8 Å². The van der Waals surface area contributed by atoms with Crippen LogP contribution in [0.15, 0.2) is 0 Å². The molecule has 3 atom stereocenters. The van der Waals surface area contributed by atoms with Crippen LogP contribution >= 0.6 is 11.8 Å². The van der Waals surface area contributed by atoms with E-state index in [0.717, 1.165) is 25.9 Å². The Balaban J connectivity index is 1.89. The second-order valence-corrected chi connectivity index (χ2v) is 5.30. The molecule has 13 heavy (non-hydrogen) atoms. The van der Waals surface area contributed by atoms with Gasteiger partial charge in [-0.05, 0) is 24.0 Å². The number of ketones is 1. The van der Waals surface area contributed by atoms with E-state index in [4.69, 9.17) is 4.74 Å². The number of rotatable bonds is 3. The fraction of sp³-hybridized carbons (Fsp3) is 0.900. The van der Waals surface area contributed by atoms with Gasteiger partial charge in [0.15, 0.2) is 0 Å². The van der Waals surface area contributed by atoms with Gasteiger partial charge in [-0.3, -0.25) is 4.79 Å². The highest BCUT2D eigenvalue weighted by atomic mass is 32.2. The topological polar surface area (TPSA) is 26.3 Å². The van der Waals surface area contributed by atoms with Crippen molar-refractivity contribution in [3.05, 3.63) is 0 Å². The Kier molecular flexibility index (Phi) is 2.94. The number of thioether (sulfide) groups is 1. The molecular weight excluding hydrogens is 184 g/mol. The number of carbonyl (C=O) groups is 1. The van der Waals surface area contributed by atoms with Gasteiger partial charge >= 0.3 is 0 Å². The van der Waals surface area contributed by atoms with Crippen LogP contribution in [-0.2, 0) is 9.53 Å². The number of hydrogen-bond donors (Lipinski definition) is 0. The second-order valence-electron chi connectivity index (χ2n) is 4.02. The molecule has 1 aliphatic heterocycles. The number of hydrogen-bond acceptors (Lipinski definition) is 3. The first-order valence-electron chi connectivity index (χ1n) is 4.93. The summed E-state index contributed by atoms with van der Waals surface area (Å²) in [6.45, 7) is 0.842. The smallest absolute Gasteiger partial charge is 0.133 e. The number of methoxy groups -OCH3 is 1. The minimum Gasteiger partial charge on any atom is -0.385 e. The molecule has 0 aromatic carbocycles. The van der Waals surface area contributed by atoms with E-state index in [-0.39, 0.29) is 0 Å². The van der Waals surface area contributed by atoms with Gasteiger partial charge in [-0.15, -0.1) is 0 Å². The summed E-state index contributed by atoms with van der Waals surface area (Å²) >= 11 is 2.04. The van der Waals surface area contributed by atoms with Gasteiger partial charge in [-0.1, -0.05) is 0 Å². The van der Waals surface area contributed by atoms with Crippen LogP contribution in [0.1, 0.15) is 19.3 Å². The van der Waals surface area contributed by atoms with Crippen molar-refractivity contribution < 1.29 is 9.53 Å². The molecule has 0 aromatic rings. The van der Waals surface area contributed by atoms with Gasteiger partial charge in [-0.25, -0.2) is 0 Å². The van der Waals surface area contributed by atoms with E-state index in [1.54, 1.807) is 7.11 Å². The predicted octanol–water partition coefficient (Wildman–Crippen LogP) is 1.73. The molecule has 2 fully saturated rings. The van der Waals surface area contributed by atoms with Crippen LogP contribution in [0.3, 0.4) is 0 Å². The van der Waals surface area contributed by atoms with Crippen LogP contribution in [0, 0.1) is 11.8 Å². The van der Waals surface area contributed by atoms with Gasteiger partial charge < -0.3 is 4.74 Å². The Morgan fingerprint density at radius 2 is 2.38 bits per heavy atom. The summed E-state index contributed by atoms with van der Waals surface area (Å²) in [4.78, 5) is 11.2. The van der Waals surface area contributed by atoms with Crippen molar-refractivity contribution in [1.82, 2.24) is 0 Å². The molecule has 1 saturated carbocycles. The SMILES string of the molecule is COCCC1SCC2CC(=O)CC21. The summed E-state index contributed by atoms with van der Waals surface area (Å²) in [6.07, 6.45) is 2.81. The summed E-state index contributed by atoms with van der Waals surface area (Å²) < 4.78 is 5.08. The lowest BCUT2D eigenvalue weighted by atomic mass is 9.93. The first kappa shape index (κ1) is 9.53. The maximum absolute atomic E-state index is 11.2. The number of fused-ring (bicyclic) bond motifs is 1. The zero-order chi connectivity index (χ0) is 9.26. The molecule has 0 N–H and O–H groups in total. The normalized spacial score (nSPS) is 38.2. The predicted molar refractivity (Wildman–Crippen MR) is 54.0 cm³/mol. The highest BCUT2D eigenvalue weighted by Crippen LogP contribution is 2.46. The van der Waals surface area contributed by atoms with Crippen molar-refractivity contribution in [2.24, 2.45) is 11.8 Å². The molecule has 0 spiro atoms.